The van der Waals surface area contributed by atoms with Gasteiger partial charge in [0.15, 0.2) is 0 Å². The van der Waals surface area contributed by atoms with Gasteiger partial charge < -0.3 is 15.5 Å². The number of hydrogen-bond donors (Lipinski definition) is 2. The van der Waals surface area contributed by atoms with Crippen LogP contribution < -0.4 is 15.5 Å². The lowest BCUT2D eigenvalue weighted by molar-refractivity contribution is -0.123. The predicted molar refractivity (Wildman–Crippen MR) is 131 cm³/mol. The van der Waals surface area contributed by atoms with E-state index >= 15 is 0 Å². The molecular formula is C26H25N3O3S. The number of rotatable bonds is 6. The van der Waals surface area contributed by atoms with E-state index in [2.05, 4.69) is 10.6 Å². The van der Waals surface area contributed by atoms with E-state index in [1.54, 1.807) is 11.0 Å². The Balaban J connectivity index is 1.46. The van der Waals surface area contributed by atoms with Crippen molar-refractivity contribution in [2.45, 2.75) is 36.1 Å². The van der Waals surface area contributed by atoms with E-state index in [0.29, 0.717) is 11.3 Å². The standard InChI is InChI=1S/C26H25N3O3S/c1-17(2)29-21-13-12-19(15-23(21)33-22-11-7-6-10-20(22)26(29)32)28-25(31)16-27-24(30)14-18-8-4-3-5-9-18/h3-13,15,17H,14,16H2,1-2H3,(H,27,30)(H,28,31). The number of amides is 3. The van der Waals surface area contributed by atoms with Crippen molar-refractivity contribution in [1.29, 1.82) is 0 Å². The van der Waals surface area contributed by atoms with Crippen molar-refractivity contribution in [2.75, 3.05) is 16.8 Å². The molecular weight excluding hydrogens is 434 g/mol. The summed E-state index contributed by atoms with van der Waals surface area (Å²) < 4.78 is 0. The molecule has 7 heteroatoms. The van der Waals surface area contributed by atoms with Crippen molar-refractivity contribution < 1.29 is 14.4 Å². The average Bonchev–Trinajstić information content (AvgIpc) is 2.92. The van der Waals surface area contributed by atoms with Crippen LogP contribution in [0, 0.1) is 0 Å². The van der Waals surface area contributed by atoms with E-state index in [9.17, 15) is 14.4 Å². The first-order chi connectivity index (χ1) is 15.9. The second kappa shape index (κ2) is 9.92. The maximum atomic E-state index is 13.2. The zero-order valence-corrected chi connectivity index (χ0v) is 19.3. The van der Waals surface area contributed by atoms with E-state index in [4.69, 9.17) is 0 Å². The SMILES string of the molecule is CC(C)N1C(=O)c2ccccc2Sc2cc(NC(=O)CNC(=O)Cc3ccccc3)ccc21. The number of benzene rings is 3. The van der Waals surface area contributed by atoms with Crippen molar-refractivity contribution >= 4 is 40.9 Å². The largest absolute Gasteiger partial charge is 0.347 e. The van der Waals surface area contributed by atoms with E-state index in [1.807, 2.05) is 80.6 Å². The summed E-state index contributed by atoms with van der Waals surface area (Å²) >= 11 is 1.51. The molecule has 0 atom stereocenters. The lowest BCUT2D eigenvalue weighted by atomic mass is 10.1. The molecule has 1 heterocycles. The molecule has 6 nitrogen and oxygen atoms in total. The fraction of sp³-hybridized carbons (Fsp3) is 0.192. The van der Waals surface area contributed by atoms with Crippen molar-refractivity contribution in [2.24, 2.45) is 0 Å². The quantitative estimate of drug-likeness (QED) is 0.569. The number of nitrogens with zero attached hydrogens (tertiary/aromatic N) is 1. The highest BCUT2D eigenvalue weighted by atomic mass is 32.2. The van der Waals surface area contributed by atoms with E-state index < -0.39 is 0 Å². The molecule has 33 heavy (non-hydrogen) atoms. The van der Waals surface area contributed by atoms with Gasteiger partial charge in [0.1, 0.15) is 0 Å². The number of carbonyl (C=O) groups is 3. The molecule has 4 rings (SSSR count). The Hall–Kier alpha value is -3.58. The molecule has 0 spiro atoms. The molecule has 0 radical (unpaired) electrons. The van der Waals surface area contributed by atoms with Crippen LogP contribution in [0.3, 0.4) is 0 Å². The Labute approximate surface area is 197 Å². The molecule has 0 aromatic heterocycles. The number of fused-ring (bicyclic) bond motifs is 2. The molecule has 3 aromatic carbocycles. The van der Waals surface area contributed by atoms with Gasteiger partial charge in [-0.25, -0.2) is 0 Å². The van der Waals surface area contributed by atoms with Gasteiger partial charge in [-0.05, 0) is 49.7 Å². The number of anilines is 2. The fourth-order valence-corrected chi connectivity index (χ4v) is 4.81. The molecule has 0 fully saturated rings. The lowest BCUT2D eigenvalue weighted by Crippen LogP contribution is -2.37. The molecule has 0 aliphatic carbocycles. The second-order valence-corrected chi connectivity index (χ2v) is 9.12. The van der Waals surface area contributed by atoms with Crippen molar-refractivity contribution in [3.63, 3.8) is 0 Å². The van der Waals surface area contributed by atoms with Gasteiger partial charge in [0, 0.05) is 21.5 Å². The maximum absolute atomic E-state index is 13.2. The van der Waals surface area contributed by atoms with Crippen molar-refractivity contribution in [1.82, 2.24) is 5.32 Å². The second-order valence-electron chi connectivity index (χ2n) is 8.04. The van der Waals surface area contributed by atoms with Gasteiger partial charge >= 0.3 is 0 Å². The summed E-state index contributed by atoms with van der Waals surface area (Å²) in [6.07, 6.45) is 0.224. The molecule has 0 unspecified atom stereocenters. The summed E-state index contributed by atoms with van der Waals surface area (Å²) in [6, 6.07) is 22.4. The summed E-state index contributed by atoms with van der Waals surface area (Å²) in [5, 5.41) is 5.50. The van der Waals surface area contributed by atoms with Gasteiger partial charge in [-0.1, -0.05) is 54.2 Å². The van der Waals surface area contributed by atoms with Crippen LogP contribution >= 0.6 is 11.8 Å². The minimum atomic E-state index is -0.313. The Morgan fingerprint density at radius 3 is 2.39 bits per heavy atom. The maximum Gasteiger partial charge on any atom is 0.259 e. The molecule has 1 aliphatic rings. The predicted octanol–water partition coefficient (Wildman–Crippen LogP) is 4.50. The first-order valence-electron chi connectivity index (χ1n) is 10.8. The van der Waals surface area contributed by atoms with Crippen LogP contribution in [0.2, 0.25) is 0 Å². The lowest BCUT2D eigenvalue weighted by Gasteiger charge is -2.27. The van der Waals surface area contributed by atoms with Gasteiger partial charge in [0.25, 0.3) is 5.91 Å². The van der Waals surface area contributed by atoms with Crippen LogP contribution in [0.4, 0.5) is 11.4 Å². The Morgan fingerprint density at radius 2 is 1.64 bits per heavy atom. The van der Waals surface area contributed by atoms with Crippen molar-refractivity contribution in [3.8, 4) is 0 Å². The summed E-state index contributed by atoms with van der Waals surface area (Å²) in [4.78, 5) is 41.3. The zero-order valence-electron chi connectivity index (χ0n) is 18.5. The summed E-state index contributed by atoms with van der Waals surface area (Å²) in [5.41, 5.74) is 2.98. The Morgan fingerprint density at radius 1 is 0.909 bits per heavy atom. The summed E-state index contributed by atoms with van der Waals surface area (Å²) in [5.74, 6) is -0.562. The topological polar surface area (TPSA) is 78.5 Å². The molecule has 3 aromatic rings. The normalized spacial score (nSPS) is 12.6. The Kier molecular flexibility index (Phi) is 6.79. The van der Waals surface area contributed by atoms with Crippen LogP contribution in [0.1, 0.15) is 29.8 Å². The first-order valence-corrected chi connectivity index (χ1v) is 11.6. The van der Waals surface area contributed by atoms with Gasteiger partial charge in [-0.15, -0.1) is 0 Å². The third-order valence-electron chi connectivity index (χ3n) is 5.23. The Bertz CT molecular complexity index is 1190. The number of hydrogen-bond acceptors (Lipinski definition) is 4. The highest BCUT2D eigenvalue weighted by molar-refractivity contribution is 7.99. The average molecular weight is 460 g/mol. The van der Waals surface area contributed by atoms with Crippen LogP contribution in [0.25, 0.3) is 0 Å². The number of nitrogens with one attached hydrogen (secondary N) is 2. The van der Waals surface area contributed by atoms with Crippen molar-refractivity contribution in [3.05, 3.63) is 83.9 Å². The molecule has 0 saturated carbocycles. The van der Waals surface area contributed by atoms with E-state index in [0.717, 1.165) is 21.0 Å². The zero-order chi connectivity index (χ0) is 23.4. The molecule has 2 N–H and O–H groups in total. The minimum absolute atomic E-state index is 0.0247. The van der Waals surface area contributed by atoms with E-state index in [-0.39, 0.29) is 36.7 Å². The fourth-order valence-electron chi connectivity index (χ4n) is 3.70. The highest BCUT2D eigenvalue weighted by Crippen LogP contribution is 2.43. The third-order valence-corrected chi connectivity index (χ3v) is 6.35. The molecule has 3 amide bonds. The van der Waals surface area contributed by atoms with Gasteiger partial charge in [-0.3, -0.25) is 14.4 Å². The minimum Gasteiger partial charge on any atom is -0.347 e. The van der Waals surface area contributed by atoms with Gasteiger partial charge in [-0.2, -0.15) is 0 Å². The van der Waals surface area contributed by atoms with Crippen LogP contribution in [-0.4, -0.2) is 30.3 Å². The highest BCUT2D eigenvalue weighted by Gasteiger charge is 2.29. The summed E-state index contributed by atoms with van der Waals surface area (Å²) in [7, 11) is 0. The molecule has 1 aliphatic heterocycles. The third kappa shape index (κ3) is 5.26. The van der Waals surface area contributed by atoms with Gasteiger partial charge in [0.05, 0.1) is 24.2 Å². The van der Waals surface area contributed by atoms with Gasteiger partial charge in [0.2, 0.25) is 11.8 Å². The van der Waals surface area contributed by atoms with Crippen LogP contribution in [-0.2, 0) is 16.0 Å². The smallest absolute Gasteiger partial charge is 0.259 e. The molecule has 0 saturated heterocycles. The molecule has 0 bridgehead atoms. The first kappa shape index (κ1) is 22.6. The number of carbonyl (C=O) groups excluding carboxylic acids is 3. The van der Waals surface area contributed by atoms with E-state index in [1.165, 1.54) is 11.8 Å². The monoisotopic (exact) mass is 459 g/mol. The molecule has 168 valence electrons. The summed E-state index contributed by atoms with van der Waals surface area (Å²) in [6.45, 7) is 3.84. The van der Waals surface area contributed by atoms with Crippen LogP contribution in [0.5, 0.6) is 0 Å². The van der Waals surface area contributed by atoms with Crippen LogP contribution in [0.15, 0.2) is 82.6 Å².